The van der Waals surface area contributed by atoms with E-state index < -0.39 is 5.97 Å². The maximum Gasteiger partial charge on any atom is 0.344 e. The number of carbonyl (C=O) groups excluding carboxylic acids is 1. The number of esters is 1. The highest BCUT2D eigenvalue weighted by Crippen LogP contribution is 2.27. The van der Waals surface area contributed by atoms with Crippen LogP contribution in [0.15, 0.2) is 57.9 Å². The third-order valence-electron chi connectivity index (χ3n) is 4.32. The molecule has 0 atom stereocenters. The molecule has 2 aromatic carbocycles. The third kappa shape index (κ3) is 4.96. The molecule has 0 N–H and O–H groups in total. The lowest BCUT2D eigenvalue weighted by Crippen LogP contribution is -2.14. The van der Waals surface area contributed by atoms with Crippen LogP contribution in [0, 0.1) is 0 Å². The molecule has 0 aliphatic rings. The van der Waals surface area contributed by atoms with Crippen molar-refractivity contribution in [2.24, 2.45) is 0 Å². The zero-order valence-electron chi connectivity index (χ0n) is 17.0. The molecule has 0 amide bonds. The summed E-state index contributed by atoms with van der Waals surface area (Å²) in [6.07, 6.45) is 1.28. The molecule has 0 unspecified atom stereocenters. The van der Waals surface area contributed by atoms with Crippen molar-refractivity contribution in [2.45, 2.75) is 33.1 Å². The summed E-state index contributed by atoms with van der Waals surface area (Å²) in [5.74, 6) is 0.593. The Morgan fingerprint density at radius 1 is 1.03 bits per heavy atom. The summed E-state index contributed by atoms with van der Waals surface area (Å²) in [5.41, 5.74) is 1.26. The monoisotopic (exact) mass is 396 g/mol. The highest BCUT2D eigenvalue weighted by Gasteiger charge is 2.14. The summed E-state index contributed by atoms with van der Waals surface area (Å²) < 4.78 is 21.4. The van der Waals surface area contributed by atoms with E-state index >= 15 is 0 Å². The number of rotatable bonds is 6. The van der Waals surface area contributed by atoms with Gasteiger partial charge in [0.05, 0.1) is 12.0 Å². The van der Waals surface area contributed by atoms with Gasteiger partial charge in [0.25, 0.3) is 0 Å². The molecule has 0 bridgehead atoms. The lowest BCUT2D eigenvalue weighted by Gasteiger charge is -2.19. The fourth-order valence-electron chi connectivity index (χ4n) is 2.75. The average molecular weight is 396 g/mol. The number of carbonyl (C=O) groups is 1. The lowest BCUT2D eigenvalue weighted by molar-refractivity contribution is -0.145. The molecule has 0 spiro atoms. The normalized spacial score (nSPS) is 11.3. The Kier molecular flexibility index (Phi) is 5.92. The highest BCUT2D eigenvalue weighted by molar-refractivity contribution is 5.79. The lowest BCUT2D eigenvalue weighted by atomic mass is 9.87. The van der Waals surface area contributed by atoms with Crippen LogP contribution in [-0.4, -0.2) is 19.2 Å². The molecule has 6 heteroatoms. The molecule has 0 fully saturated rings. The van der Waals surface area contributed by atoms with E-state index in [0.29, 0.717) is 22.5 Å². The molecule has 29 heavy (non-hydrogen) atoms. The van der Waals surface area contributed by atoms with Gasteiger partial charge in [0.15, 0.2) is 6.61 Å². The average Bonchev–Trinajstić information content (AvgIpc) is 2.68. The van der Waals surface area contributed by atoms with Gasteiger partial charge in [0, 0.05) is 6.07 Å². The minimum Gasteiger partial charge on any atom is -0.482 e. The van der Waals surface area contributed by atoms with Crippen LogP contribution in [0.4, 0.5) is 0 Å². The van der Waals surface area contributed by atoms with Gasteiger partial charge in [-0.25, -0.2) is 4.79 Å². The molecule has 1 heterocycles. The fraction of sp³-hybridized carbons (Fsp3) is 0.304. The van der Waals surface area contributed by atoms with E-state index in [4.69, 9.17) is 18.6 Å². The summed E-state index contributed by atoms with van der Waals surface area (Å²) in [5, 5.41) is 0.359. The highest BCUT2D eigenvalue weighted by atomic mass is 16.6. The van der Waals surface area contributed by atoms with E-state index in [-0.39, 0.29) is 29.8 Å². The number of benzene rings is 2. The molecule has 0 aliphatic carbocycles. The number of hydrogen-bond donors (Lipinski definition) is 0. The summed E-state index contributed by atoms with van der Waals surface area (Å²) in [6, 6.07) is 12.3. The van der Waals surface area contributed by atoms with E-state index in [1.54, 1.807) is 25.1 Å². The molecule has 3 rings (SSSR count). The van der Waals surface area contributed by atoms with Gasteiger partial charge in [-0.2, -0.15) is 0 Å². The molecular weight excluding hydrogens is 372 g/mol. The first kappa shape index (κ1) is 20.5. The van der Waals surface area contributed by atoms with Gasteiger partial charge in [0.1, 0.15) is 23.3 Å². The molecule has 0 saturated heterocycles. The zero-order valence-corrected chi connectivity index (χ0v) is 17.0. The van der Waals surface area contributed by atoms with Crippen molar-refractivity contribution >= 4 is 16.9 Å². The van der Waals surface area contributed by atoms with E-state index in [0.717, 1.165) is 0 Å². The topological polar surface area (TPSA) is 75.0 Å². The molecule has 3 aromatic rings. The first-order chi connectivity index (χ1) is 13.8. The summed E-state index contributed by atoms with van der Waals surface area (Å²) >= 11 is 0. The largest absolute Gasteiger partial charge is 0.482 e. The number of ether oxygens (including phenoxy) is 3. The van der Waals surface area contributed by atoms with Crippen LogP contribution in [0.3, 0.4) is 0 Å². The van der Waals surface area contributed by atoms with Gasteiger partial charge >= 0.3 is 5.97 Å². The molecule has 0 saturated carbocycles. The van der Waals surface area contributed by atoms with Crippen molar-refractivity contribution < 1.29 is 23.4 Å². The Balaban J connectivity index is 1.78. The Bertz CT molecular complexity index is 1060. The SMILES string of the molecule is CCOC(=O)COc1ccc2c(=O)c(Oc3ccc(C(C)(C)C)cc3)coc2c1. The van der Waals surface area contributed by atoms with E-state index in [1.807, 2.05) is 24.3 Å². The smallest absolute Gasteiger partial charge is 0.344 e. The fourth-order valence-corrected chi connectivity index (χ4v) is 2.75. The standard InChI is InChI=1S/C23H24O6/c1-5-26-21(24)14-27-17-10-11-18-19(12-17)28-13-20(22(18)25)29-16-8-6-15(7-9-16)23(2,3)4/h6-13H,5,14H2,1-4H3. The van der Waals surface area contributed by atoms with Gasteiger partial charge in [-0.1, -0.05) is 32.9 Å². The van der Waals surface area contributed by atoms with Crippen LogP contribution in [0.25, 0.3) is 11.0 Å². The van der Waals surface area contributed by atoms with Crippen molar-refractivity contribution in [2.75, 3.05) is 13.2 Å². The third-order valence-corrected chi connectivity index (χ3v) is 4.32. The van der Waals surface area contributed by atoms with Crippen molar-refractivity contribution in [1.29, 1.82) is 0 Å². The van der Waals surface area contributed by atoms with E-state index in [1.165, 1.54) is 11.8 Å². The first-order valence-electron chi connectivity index (χ1n) is 9.40. The van der Waals surface area contributed by atoms with Crippen LogP contribution >= 0.6 is 0 Å². The Morgan fingerprint density at radius 3 is 2.38 bits per heavy atom. The molecule has 152 valence electrons. The maximum absolute atomic E-state index is 12.7. The van der Waals surface area contributed by atoms with Gasteiger partial charge in [-0.15, -0.1) is 0 Å². The summed E-state index contributed by atoms with van der Waals surface area (Å²) in [6.45, 7) is 8.19. The van der Waals surface area contributed by atoms with Crippen LogP contribution in [-0.2, 0) is 14.9 Å². The number of fused-ring (bicyclic) bond motifs is 1. The maximum atomic E-state index is 12.7. The molecule has 1 aromatic heterocycles. The second-order valence-electron chi connectivity index (χ2n) is 7.56. The second kappa shape index (κ2) is 8.39. The molecule has 0 aliphatic heterocycles. The van der Waals surface area contributed by atoms with Crippen LogP contribution in [0.5, 0.6) is 17.2 Å². The Morgan fingerprint density at radius 2 is 1.72 bits per heavy atom. The summed E-state index contributed by atoms with van der Waals surface area (Å²) in [7, 11) is 0. The van der Waals surface area contributed by atoms with E-state index in [2.05, 4.69) is 20.8 Å². The van der Waals surface area contributed by atoms with Gasteiger partial charge < -0.3 is 18.6 Å². The minimum absolute atomic E-state index is 0.0353. The Labute approximate surface area is 169 Å². The van der Waals surface area contributed by atoms with Crippen molar-refractivity contribution in [3.8, 4) is 17.2 Å². The molecule has 6 nitrogen and oxygen atoms in total. The quantitative estimate of drug-likeness (QED) is 0.556. The predicted octanol–water partition coefficient (Wildman–Crippen LogP) is 4.82. The van der Waals surface area contributed by atoms with Crippen LogP contribution in [0.2, 0.25) is 0 Å². The van der Waals surface area contributed by atoms with Crippen molar-refractivity contribution in [3.05, 3.63) is 64.5 Å². The van der Waals surface area contributed by atoms with Crippen LogP contribution < -0.4 is 14.9 Å². The van der Waals surface area contributed by atoms with Gasteiger partial charge in [-0.3, -0.25) is 4.79 Å². The van der Waals surface area contributed by atoms with Crippen molar-refractivity contribution in [3.63, 3.8) is 0 Å². The zero-order chi connectivity index (χ0) is 21.0. The summed E-state index contributed by atoms with van der Waals surface area (Å²) in [4.78, 5) is 24.1. The Hall–Kier alpha value is -3.28. The van der Waals surface area contributed by atoms with Crippen LogP contribution in [0.1, 0.15) is 33.3 Å². The second-order valence-corrected chi connectivity index (χ2v) is 7.56. The first-order valence-corrected chi connectivity index (χ1v) is 9.40. The molecule has 0 radical (unpaired) electrons. The minimum atomic E-state index is -0.463. The van der Waals surface area contributed by atoms with Gasteiger partial charge in [0.2, 0.25) is 11.2 Å². The van der Waals surface area contributed by atoms with Crippen molar-refractivity contribution in [1.82, 2.24) is 0 Å². The molecular formula is C23H24O6. The number of hydrogen-bond acceptors (Lipinski definition) is 6. The predicted molar refractivity (Wildman–Crippen MR) is 110 cm³/mol. The van der Waals surface area contributed by atoms with E-state index in [9.17, 15) is 9.59 Å². The van der Waals surface area contributed by atoms with Gasteiger partial charge in [-0.05, 0) is 42.2 Å².